The van der Waals surface area contributed by atoms with Gasteiger partial charge in [-0.2, -0.15) is 0 Å². The van der Waals surface area contributed by atoms with Gasteiger partial charge in [0, 0.05) is 12.1 Å². The summed E-state index contributed by atoms with van der Waals surface area (Å²) in [7, 11) is 0. The van der Waals surface area contributed by atoms with Crippen molar-refractivity contribution >= 4 is 24.0 Å². The van der Waals surface area contributed by atoms with Crippen molar-refractivity contribution in [3.63, 3.8) is 0 Å². The van der Waals surface area contributed by atoms with Crippen LogP contribution >= 0.6 is 12.4 Å². The van der Waals surface area contributed by atoms with Gasteiger partial charge in [0.2, 0.25) is 5.91 Å². The summed E-state index contributed by atoms with van der Waals surface area (Å²) in [6.07, 6.45) is 4.94. The van der Waals surface area contributed by atoms with Gasteiger partial charge >= 0.3 is 0 Å². The molecule has 2 unspecified atom stereocenters. The third kappa shape index (κ3) is 5.20. The number of hydrogen-bond donors (Lipinski definition) is 2. The highest BCUT2D eigenvalue weighted by Gasteiger charge is 2.22. The average Bonchev–Trinajstić information content (AvgIpc) is 2.37. The van der Waals surface area contributed by atoms with Crippen molar-refractivity contribution in [2.75, 3.05) is 5.73 Å². The largest absolute Gasteiger partial charge is 0.399 e. The predicted molar refractivity (Wildman–Crippen MR) is 95.2 cm³/mol. The summed E-state index contributed by atoms with van der Waals surface area (Å²) in [5.74, 6) is 1.27. The number of nitrogens with two attached hydrogens (primary N) is 1. The molecule has 0 heterocycles. The number of carbonyl (C=O) groups is 1. The lowest BCUT2D eigenvalue weighted by atomic mass is 9.87. The summed E-state index contributed by atoms with van der Waals surface area (Å²) in [5.41, 5.74) is 9.21. The number of hydrogen-bond acceptors (Lipinski definition) is 2. The molecule has 0 fully saturated rings. The Morgan fingerprint density at radius 2 is 2.09 bits per heavy atom. The Morgan fingerprint density at radius 1 is 1.36 bits per heavy atom. The Labute approximate surface area is 140 Å². The van der Waals surface area contributed by atoms with Gasteiger partial charge in [0.15, 0.2) is 0 Å². The van der Waals surface area contributed by atoms with Crippen molar-refractivity contribution in [1.29, 1.82) is 0 Å². The van der Waals surface area contributed by atoms with Crippen LogP contribution in [0.5, 0.6) is 0 Å². The first kappa shape index (κ1) is 18.8. The van der Waals surface area contributed by atoms with Gasteiger partial charge in [0.05, 0.1) is 6.04 Å². The van der Waals surface area contributed by atoms with Crippen molar-refractivity contribution < 1.29 is 4.79 Å². The number of aryl methyl sites for hydroxylation is 1. The molecule has 0 aromatic heterocycles. The molecule has 3 nitrogen and oxygen atoms in total. The number of rotatable bonds is 5. The Kier molecular flexibility index (Phi) is 7.21. The monoisotopic (exact) mass is 324 g/mol. The molecule has 0 aliphatic heterocycles. The summed E-state index contributed by atoms with van der Waals surface area (Å²) in [6.45, 7) is 6.57. The number of amides is 1. The van der Waals surface area contributed by atoms with Crippen LogP contribution in [0.4, 0.5) is 5.69 Å². The van der Waals surface area contributed by atoms with Crippen molar-refractivity contribution in [2.45, 2.75) is 58.9 Å². The fourth-order valence-electron chi connectivity index (χ4n) is 3.44. The number of anilines is 1. The lowest BCUT2D eigenvalue weighted by Gasteiger charge is -2.27. The Bertz CT molecular complexity index is 502. The highest BCUT2D eigenvalue weighted by Crippen LogP contribution is 2.31. The van der Waals surface area contributed by atoms with Gasteiger partial charge in [-0.3, -0.25) is 4.79 Å². The van der Waals surface area contributed by atoms with E-state index in [1.807, 2.05) is 6.07 Å². The van der Waals surface area contributed by atoms with E-state index >= 15 is 0 Å². The van der Waals surface area contributed by atoms with Gasteiger partial charge in [-0.1, -0.05) is 26.8 Å². The van der Waals surface area contributed by atoms with Crippen molar-refractivity contribution in [2.24, 2.45) is 11.8 Å². The number of fused-ring (bicyclic) bond motifs is 1. The summed E-state index contributed by atoms with van der Waals surface area (Å²) in [4.78, 5) is 12.2. The summed E-state index contributed by atoms with van der Waals surface area (Å²) in [5, 5.41) is 3.22. The third-order valence-corrected chi connectivity index (χ3v) is 4.22. The van der Waals surface area contributed by atoms with Gasteiger partial charge < -0.3 is 11.1 Å². The molecule has 1 aliphatic carbocycles. The smallest absolute Gasteiger partial charge is 0.220 e. The zero-order valence-electron chi connectivity index (χ0n) is 13.9. The predicted octanol–water partition coefficient (Wildman–Crippen LogP) is 4.26. The van der Waals surface area contributed by atoms with Crippen LogP contribution in [0.15, 0.2) is 18.2 Å². The van der Waals surface area contributed by atoms with Gasteiger partial charge in [0.1, 0.15) is 0 Å². The van der Waals surface area contributed by atoms with E-state index in [0.29, 0.717) is 18.3 Å². The second-order valence-corrected chi connectivity index (χ2v) is 6.91. The first-order valence-electron chi connectivity index (χ1n) is 8.13. The van der Waals surface area contributed by atoms with Gasteiger partial charge in [0.25, 0.3) is 0 Å². The molecule has 1 amide bonds. The van der Waals surface area contributed by atoms with E-state index in [1.165, 1.54) is 11.1 Å². The van der Waals surface area contributed by atoms with E-state index in [9.17, 15) is 4.79 Å². The molecule has 3 N–H and O–H groups in total. The molecule has 22 heavy (non-hydrogen) atoms. The number of carbonyl (C=O) groups excluding carboxylic acids is 1. The molecular weight excluding hydrogens is 296 g/mol. The highest BCUT2D eigenvalue weighted by molar-refractivity contribution is 5.85. The SMILES string of the molecule is CC(C)CC(C)CC(=O)NC1CCCc2cc(N)ccc21.Cl. The number of benzene rings is 1. The first-order chi connectivity index (χ1) is 9.95. The van der Waals surface area contributed by atoms with Gasteiger partial charge in [-0.15, -0.1) is 12.4 Å². The number of halogens is 1. The Balaban J connectivity index is 0.00000242. The molecule has 1 aliphatic rings. The molecule has 2 rings (SSSR count). The van der Waals surface area contributed by atoms with E-state index in [4.69, 9.17) is 5.73 Å². The van der Waals surface area contributed by atoms with Gasteiger partial charge in [-0.05, 0) is 60.8 Å². The van der Waals surface area contributed by atoms with Crippen LogP contribution < -0.4 is 11.1 Å². The number of nitrogen functional groups attached to an aromatic ring is 1. The quantitative estimate of drug-likeness (QED) is 0.795. The zero-order valence-corrected chi connectivity index (χ0v) is 14.7. The van der Waals surface area contributed by atoms with Crippen LogP contribution in [0, 0.1) is 11.8 Å². The van der Waals surface area contributed by atoms with Crippen LogP contribution in [0.25, 0.3) is 0 Å². The molecule has 0 spiro atoms. The van der Waals surface area contributed by atoms with Crippen LogP contribution in [0.2, 0.25) is 0 Å². The van der Waals surface area contributed by atoms with Crippen LogP contribution in [-0.2, 0) is 11.2 Å². The fourth-order valence-corrected chi connectivity index (χ4v) is 3.44. The zero-order chi connectivity index (χ0) is 15.4. The molecule has 124 valence electrons. The lowest BCUT2D eigenvalue weighted by molar-refractivity contribution is -0.122. The molecule has 2 atom stereocenters. The molecular formula is C18H29ClN2O. The lowest BCUT2D eigenvalue weighted by Crippen LogP contribution is -2.32. The molecule has 0 saturated carbocycles. The normalized spacial score (nSPS) is 18.3. The summed E-state index contributed by atoms with van der Waals surface area (Å²) < 4.78 is 0. The second-order valence-electron chi connectivity index (χ2n) is 6.91. The van der Waals surface area contributed by atoms with Crippen LogP contribution in [0.1, 0.15) is 63.6 Å². The number of nitrogens with one attached hydrogen (secondary N) is 1. The summed E-state index contributed by atoms with van der Waals surface area (Å²) in [6, 6.07) is 6.22. The first-order valence-corrected chi connectivity index (χ1v) is 8.13. The molecule has 0 radical (unpaired) electrons. The van der Waals surface area contributed by atoms with Crippen LogP contribution in [0.3, 0.4) is 0 Å². The van der Waals surface area contributed by atoms with E-state index in [2.05, 4.69) is 38.2 Å². The summed E-state index contributed by atoms with van der Waals surface area (Å²) >= 11 is 0. The van der Waals surface area contributed by atoms with E-state index in [-0.39, 0.29) is 24.4 Å². The second kappa shape index (κ2) is 8.42. The maximum absolute atomic E-state index is 12.2. The van der Waals surface area contributed by atoms with E-state index in [1.54, 1.807) is 0 Å². The van der Waals surface area contributed by atoms with E-state index in [0.717, 1.165) is 31.4 Å². The maximum atomic E-state index is 12.2. The molecule has 1 aromatic carbocycles. The average molecular weight is 325 g/mol. The fraction of sp³-hybridized carbons (Fsp3) is 0.611. The Hall–Kier alpha value is -1.22. The maximum Gasteiger partial charge on any atom is 0.220 e. The highest BCUT2D eigenvalue weighted by atomic mass is 35.5. The van der Waals surface area contributed by atoms with Crippen molar-refractivity contribution in [3.8, 4) is 0 Å². The molecule has 0 bridgehead atoms. The third-order valence-electron chi connectivity index (χ3n) is 4.22. The molecule has 4 heteroatoms. The Morgan fingerprint density at radius 3 is 2.77 bits per heavy atom. The van der Waals surface area contributed by atoms with E-state index < -0.39 is 0 Å². The minimum atomic E-state index is 0. The minimum Gasteiger partial charge on any atom is -0.399 e. The minimum absolute atomic E-state index is 0. The van der Waals surface area contributed by atoms with Crippen LogP contribution in [-0.4, -0.2) is 5.91 Å². The van der Waals surface area contributed by atoms with Crippen molar-refractivity contribution in [1.82, 2.24) is 5.32 Å². The molecule has 1 aromatic rings. The standard InChI is InChI=1S/C18H28N2O.ClH/c1-12(2)9-13(3)10-18(21)20-17-6-4-5-14-11-15(19)7-8-16(14)17;/h7-8,11-13,17H,4-6,9-10,19H2,1-3H3,(H,20,21);1H. The molecule has 0 saturated heterocycles. The topological polar surface area (TPSA) is 55.1 Å². The van der Waals surface area contributed by atoms with Crippen molar-refractivity contribution in [3.05, 3.63) is 29.3 Å². The van der Waals surface area contributed by atoms with Gasteiger partial charge in [-0.25, -0.2) is 0 Å².